The molecule has 0 saturated heterocycles. The molecular formula is C14H21NO4S2. The monoisotopic (exact) mass is 331 g/mol. The molecule has 0 saturated carbocycles. The third kappa shape index (κ3) is 5.33. The fourth-order valence-electron chi connectivity index (χ4n) is 1.80. The summed E-state index contributed by atoms with van der Waals surface area (Å²) in [5.41, 5.74) is 0.738. The molecule has 0 heterocycles. The molecule has 0 radical (unpaired) electrons. The molecule has 1 aromatic rings. The Morgan fingerprint density at radius 1 is 1.33 bits per heavy atom. The van der Waals surface area contributed by atoms with E-state index in [1.54, 1.807) is 30.9 Å². The van der Waals surface area contributed by atoms with E-state index in [4.69, 9.17) is 5.11 Å². The number of carbonyl (C=O) groups is 1. The highest BCUT2D eigenvalue weighted by molar-refractivity contribution is 7.98. The van der Waals surface area contributed by atoms with Crippen LogP contribution in [0.2, 0.25) is 0 Å². The average molecular weight is 331 g/mol. The molecule has 1 rings (SSSR count). The summed E-state index contributed by atoms with van der Waals surface area (Å²) in [6, 6.07) is 5.87. The van der Waals surface area contributed by atoms with Crippen LogP contribution in [0.1, 0.15) is 29.3 Å². The summed E-state index contributed by atoms with van der Waals surface area (Å²) in [6.45, 7) is 1.89. The first-order valence-electron chi connectivity index (χ1n) is 6.55. The van der Waals surface area contributed by atoms with Crippen molar-refractivity contribution in [2.75, 3.05) is 19.1 Å². The van der Waals surface area contributed by atoms with Crippen molar-refractivity contribution in [1.82, 2.24) is 4.31 Å². The molecule has 1 atom stereocenters. The quantitative estimate of drug-likeness (QED) is 0.791. The Kier molecular flexibility index (Phi) is 6.70. The summed E-state index contributed by atoms with van der Waals surface area (Å²) < 4.78 is 26.0. The van der Waals surface area contributed by atoms with Crippen LogP contribution in [0.3, 0.4) is 0 Å². The van der Waals surface area contributed by atoms with Gasteiger partial charge in [-0.1, -0.05) is 12.1 Å². The van der Waals surface area contributed by atoms with Gasteiger partial charge in [0, 0.05) is 13.1 Å². The maximum absolute atomic E-state index is 12.3. The topological polar surface area (TPSA) is 74.7 Å². The minimum Gasteiger partial charge on any atom is -0.478 e. The predicted octanol–water partition coefficient (Wildman–Crippen LogP) is 2.29. The van der Waals surface area contributed by atoms with Crippen molar-refractivity contribution in [3.05, 3.63) is 35.4 Å². The van der Waals surface area contributed by atoms with Gasteiger partial charge in [-0.05, 0) is 43.0 Å². The maximum atomic E-state index is 12.3. The number of benzene rings is 1. The van der Waals surface area contributed by atoms with Crippen LogP contribution in [0.5, 0.6) is 0 Å². The Balaban J connectivity index is 2.77. The van der Waals surface area contributed by atoms with Crippen molar-refractivity contribution in [3.63, 3.8) is 0 Å². The summed E-state index contributed by atoms with van der Waals surface area (Å²) in [7, 11) is -1.81. The second kappa shape index (κ2) is 7.82. The Morgan fingerprint density at radius 3 is 2.38 bits per heavy atom. The van der Waals surface area contributed by atoms with Crippen molar-refractivity contribution < 1.29 is 18.3 Å². The third-order valence-electron chi connectivity index (χ3n) is 3.35. The van der Waals surface area contributed by atoms with Gasteiger partial charge in [0.25, 0.3) is 0 Å². The van der Waals surface area contributed by atoms with Crippen molar-refractivity contribution in [3.8, 4) is 0 Å². The highest BCUT2D eigenvalue weighted by Gasteiger charge is 2.23. The van der Waals surface area contributed by atoms with Crippen molar-refractivity contribution in [2.45, 2.75) is 25.1 Å². The van der Waals surface area contributed by atoms with Gasteiger partial charge in [-0.3, -0.25) is 0 Å². The number of nitrogens with zero attached hydrogens (tertiary/aromatic N) is 1. The molecule has 0 fully saturated rings. The van der Waals surface area contributed by atoms with Crippen molar-refractivity contribution in [1.29, 1.82) is 0 Å². The van der Waals surface area contributed by atoms with E-state index in [0.717, 1.165) is 12.2 Å². The molecule has 1 aromatic carbocycles. The third-order valence-corrected chi connectivity index (χ3v) is 5.93. The van der Waals surface area contributed by atoms with E-state index in [1.807, 2.05) is 13.2 Å². The molecule has 0 spiro atoms. The number of aromatic carboxylic acids is 1. The highest BCUT2D eigenvalue weighted by Crippen LogP contribution is 2.15. The fraction of sp³-hybridized carbons (Fsp3) is 0.500. The number of rotatable bonds is 8. The van der Waals surface area contributed by atoms with Crippen LogP contribution >= 0.6 is 11.8 Å². The van der Waals surface area contributed by atoms with Crippen LogP contribution in [-0.2, 0) is 15.8 Å². The molecule has 0 aliphatic heterocycles. The van der Waals surface area contributed by atoms with Crippen molar-refractivity contribution in [2.24, 2.45) is 0 Å². The van der Waals surface area contributed by atoms with Crippen LogP contribution in [0.15, 0.2) is 24.3 Å². The zero-order chi connectivity index (χ0) is 16.0. The fourth-order valence-corrected chi connectivity index (χ4v) is 3.85. The number of sulfonamides is 1. The number of hydrogen-bond acceptors (Lipinski definition) is 4. The van der Waals surface area contributed by atoms with Gasteiger partial charge in [-0.15, -0.1) is 0 Å². The van der Waals surface area contributed by atoms with Crippen molar-refractivity contribution >= 4 is 27.8 Å². The van der Waals surface area contributed by atoms with Crippen LogP contribution in [0, 0.1) is 0 Å². The lowest BCUT2D eigenvalue weighted by atomic mass is 10.1. The average Bonchev–Trinajstić information content (AvgIpc) is 2.44. The molecule has 1 unspecified atom stereocenters. The normalized spacial score (nSPS) is 13.3. The molecule has 0 aliphatic carbocycles. The van der Waals surface area contributed by atoms with Gasteiger partial charge in [0.05, 0.1) is 11.3 Å². The Morgan fingerprint density at radius 2 is 1.90 bits per heavy atom. The lowest BCUT2D eigenvalue weighted by Gasteiger charge is -2.24. The molecule has 0 bridgehead atoms. The number of carboxylic acids is 1. The zero-order valence-corrected chi connectivity index (χ0v) is 14.1. The molecule has 0 aromatic heterocycles. The second-order valence-electron chi connectivity index (χ2n) is 4.91. The minimum atomic E-state index is -3.40. The first-order valence-corrected chi connectivity index (χ1v) is 9.55. The molecule has 1 N–H and O–H groups in total. The summed E-state index contributed by atoms with van der Waals surface area (Å²) in [5.74, 6) is -0.228. The maximum Gasteiger partial charge on any atom is 0.335 e. The Bertz CT molecular complexity index is 569. The van der Waals surface area contributed by atoms with Gasteiger partial charge in [0.2, 0.25) is 10.0 Å². The lowest BCUT2D eigenvalue weighted by Crippen LogP contribution is -2.36. The van der Waals surface area contributed by atoms with E-state index in [0.29, 0.717) is 5.56 Å². The largest absolute Gasteiger partial charge is 0.478 e. The summed E-state index contributed by atoms with van der Waals surface area (Å²) in [6.07, 6.45) is 2.79. The summed E-state index contributed by atoms with van der Waals surface area (Å²) in [4.78, 5) is 10.8. The van der Waals surface area contributed by atoms with Crippen LogP contribution in [0.25, 0.3) is 0 Å². The number of thioether (sulfide) groups is 1. The van der Waals surface area contributed by atoms with E-state index in [9.17, 15) is 13.2 Å². The van der Waals surface area contributed by atoms with Gasteiger partial charge < -0.3 is 5.11 Å². The molecule has 118 valence electrons. The standard InChI is InChI=1S/C14H21NO4S2/c1-11(8-9-20-3)15(2)21(18,19)10-12-4-6-13(7-5-12)14(16)17/h4-7,11H,8-10H2,1-3H3,(H,16,17). The predicted molar refractivity (Wildman–Crippen MR) is 86.2 cm³/mol. The van der Waals surface area contributed by atoms with E-state index in [1.165, 1.54) is 16.4 Å². The highest BCUT2D eigenvalue weighted by atomic mass is 32.2. The first kappa shape index (κ1) is 18.0. The lowest BCUT2D eigenvalue weighted by molar-refractivity contribution is 0.0697. The molecule has 7 heteroatoms. The van der Waals surface area contributed by atoms with Gasteiger partial charge in [0.15, 0.2) is 0 Å². The van der Waals surface area contributed by atoms with Crippen LogP contribution < -0.4 is 0 Å². The zero-order valence-electron chi connectivity index (χ0n) is 12.4. The van der Waals surface area contributed by atoms with Gasteiger partial charge >= 0.3 is 5.97 Å². The minimum absolute atomic E-state index is 0.0549. The van der Waals surface area contributed by atoms with Crippen LogP contribution in [0.4, 0.5) is 0 Å². The van der Waals surface area contributed by atoms with E-state index in [2.05, 4.69) is 0 Å². The molecular weight excluding hydrogens is 310 g/mol. The van der Waals surface area contributed by atoms with E-state index >= 15 is 0 Å². The molecule has 21 heavy (non-hydrogen) atoms. The van der Waals surface area contributed by atoms with Gasteiger partial charge in [-0.2, -0.15) is 11.8 Å². The summed E-state index contributed by atoms with van der Waals surface area (Å²) in [5, 5.41) is 8.82. The molecule has 0 amide bonds. The summed E-state index contributed by atoms with van der Waals surface area (Å²) >= 11 is 1.69. The van der Waals surface area contributed by atoms with E-state index < -0.39 is 16.0 Å². The van der Waals surface area contributed by atoms with Gasteiger partial charge in [-0.25, -0.2) is 17.5 Å². The van der Waals surface area contributed by atoms with E-state index in [-0.39, 0.29) is 17.4 Å². The van der Waals surface area contributed by atoms with Gasteiger partial charge in [0.1, 0.15) is 0 Å². The number of hydrogen-bond donors (Lipinski definition) is 1. The first-order chi connectivity index (χ1) is 9.77. The molecule has 0 aliphatic rings. The second-order valence-corrected chi connectivity index (χ2v) is 7.92. The number of carboxylic acid groups (broad SMARTS) is 1. The SMILES string of the molecule is CSCCC(C)N(C)S(=O)(=O)Cc1ccc(C(=O)O)cc1. The van der Waals surface area contributed by atoms with Crippen LogP contribution in [-0.4, -0.2) is 48.9 Å². The molecule has 5 nitrogen and oxygen atoms in total. The Labute approximate surface area is 130 Å². The Hall–Kier alpha value is -1.05. The smallest absolute Gasteiger partial charge is 0.335 e.